The number of nitrogens with one attached hydrogen (secondary N) is 1. The largest absolute Gasteiger partial charge is 0.478 e. The van der Waals surface area contributed by atoms with E-state index in [0.717, 1.165) is 36.8 Å². The van der Waals surface area contributed by atoms with Crippen LogP contribution in [0.5, 0.6) is 0 Å². The Kier molecular flexibility index (Phi) is 7.21. The van der Waals surface area contributed by atoms with E-state index in [4.69, 9.17) is 5.11 Å². The van der Waals surface area contributed by atoms with Crippen LogP contribution in [0.15, 0.2) is 48.5 Å². The molecule has 0 saturated heterocycles. The standard InChI is InChI=1S/C20H25NO4S/c1-2-3-15-26(24,25)21-19-10-5-4-8-17(19)9-6-7-16-11-13-18(14-12-16)20(22)23/h4-5,8,10-14,21H,2-3,6-7,9,15H2,1H3,(H,22,23). The van der Waals surface area contributed by atoms with Gasteiger partial charge in [-0.1, -0.05) is 43.7 Å². The van der Waals surface area contributed by atoms with E-state index in [-0.39, 0.29) is 11.3 Å². The lowest BCUT2D eigenvalue weighted by Crippen LogP contribution is -2.17. The number of carbonyl (C=O) groups is 1. The molecule has 5 nitrogen and oxygen atoms in total. The van der Waals surface area contributed by atoms with Gasteiger partial charge in [0.2, 0.25) is 10.0 Å². The van der Waals surface area contributed by atoms with E-state index in [0.29, 0.717) is 12.1 Å². The zero-order valence-electron chi connectivity index (χ0n) is 14.9. The van der Waals surface area contributed by atoms with Crippen molar-refractivity contribution in [2.75, 3.05) is 10.5 Å². The summed E-state index contributed by atoms with van der Waals surface area (Å²) in [7, 11) is -3.32. The molecule has 2 N–H and O–H groups in total. The lowest BCUT2D eigenvalue weighted by Gasteiger charge is -2.12. The fourth-order valence-corrected chi connectivity index (χ4v) is 3.99. The van der Waals surface area contributed by atoms with Gasteiger partial charge in [0.1, 0.15) is 0 Å². The molecule has 0 bridgehead atoms. The summed E-state index contributed by atoms with van der Waals surface area (Å²) >= 11 is 0. The lowest BCUT2D eigenvalue weighted by atomic mass is 10.0. The Morgan fingerprint density at radius 3 is 2.35 bits per heavy atom. The van der Waals surface area contributed by atoms with Crippen LogP contribution in [0.25, 0.3) is 0 Å². The van der Waals surface area contributed by atoms with E-state index in [1.165, 1.54) is 0 Å². The predicted octanol–water partition coefficient (Wildman–Crippen LogP) is 4.10. The quantitative estimate of drug-likeness (QED) is 0.655. The van der Waals surface area contributed by atoms with Crippen molar-refractivity contribution in [2.45, 2.75) is 39.0 Å². The van der Waals surface area contributed by atoms with Crippen LogP contribution in [0.2, 0.25) is 0 Å². The maximum absolute atomic E-state index is 12.1. The molecular formula is C20H25NO4S. The third kappa shape index (κ3) is 6.19. The van der Waals surface area contributed by atoms with E-state index in [1.54, 1.807) is 18.2 Å². The van der Waals surface area contributed by atoms with E-state index in [9.17, 15) is 13.2 Å². The van der Waals surface area contributed by atoms with Crippen LogP contribution in [-0.2, 0) is 22.9 Å². The third-order valence-electron chi connectivity index (χ3n) is 4.16. The summed E-state index contributed by atoms with van der Waals surface area (Å²) in [6.07, 6.45) is 3.87. The highest BCUT2D eigenvalue weighted by atomic mass is 32.2. The Balaban J connectivity index is 1.96. The molecule has 2 aromatic rings. The summed E-state index contributed by atoms with van der Waals surface area (Å²) < 4.78 is 27.0. The molecule has 0 unspecified atom stereocenters. The van der Waals surface area contributed by atoms with Crippen LogP contribution < -0.4 is 4.72 Å². The second-order valence-corrected chi connectivity index (χ2v) is 8.13. The second-order valence-electron chi connectivity index (χ2n) is 6.29. The van der Waals surface area contributed by atoms with Gasteiger partial charge in [0.25, 0.3) is 0 Å². The molecule has 0 spiro atoms. The van der Waals surface area contributed by atoms with Crippen molar-refractivity contribution >= 4 is 21.7 Å². The van der Waals surface area contributed by atoms with Crippen LogP contribution in [-0.4, -0.2) is 25.2 Å². The van der Waals surface area contributed by atoms with Gasteiger partial charge in [0.05, 0.1) is 17.0 Å². The molecule has 0 heterocycles. The highest BCUT2D eigenvalue weighted by Crippen LogP contribution is 2.20. The predicted molar refractivity (Wildman–Crippen MR) is 104 cm³/mol. The molecule has 0 aromatic heterocycles. The highest BCUT2D eigenvalue weighted by molar-refractivity contribution is 7.92. The molecule has 140 valence electrons. The molecule has 2 rings (SSSR count). The number of aromatic carboxylic acids is 1. The molecule has 0 amide bonds. The number of aryl methyl sites for hydroxylation is 2. The zero-order chi connectivity index (χ0) is 19.0. The van der Waals surface area contributed by atoms with Crippen LogP contribution in [0.1, 0.15) is 47.7 Å². The average Bonchev–Trinajstić information content (AvgIpc) is 2.61. The Hall–Kier alpha value is -2.34. The molecule has 0 aliphatic carbocycles. The second kappa shape index (κ2) is 9.38. The first-order chi connectivity index (χ1) is 12.4. The zero-order valence-corrected chi connectivity index (χ0v) is 15.8. The number of benzene rings is 2. The van der Waals surface area contributed by atoms with Crippen molar-refractivity contribution in [3.8, 4) is 0 Å². The van der Waals surface area contributed by atoms with Gasteiger partial charge in [-0.25, -0.2) is 13.2 Å². The van der Waals surface area contributed by atoms with Gasteiger partial charge in [0, 0.05) is 0 Å². The highest BCUT2D eigenvalue weighted by Gasteiger charge is 2.12. The summed E-state index contributed by atoms with van der Waals surface area (Å²) in [4.78, 5) is 10.9. The van der Waals surface area contributed by atoms with Gasteiger partial charge >= 0.3 is 5.97 Å². The fraction of sp³-hybridized carbons (Fsp3) is 0.350. The Morgan fingerprint density at radius 1 is 1.00 bits per heavy atom. The van der Waals surface area contributed by atoms with Crippen molar-refractivity contribution in [3.63, 3.8) is 0 Å². The number of rotatable bonds is 10. The van der Waals surface area contributed by atoms with E-state index in [1.807, 2.05) is 37.3 Å². The number of hydrogen-bond acceptors (Lipinski definition) is 3. The molecule has 0 aliphatic rings. The SMILES string of the molecule is CCCCS(=O)(=O)Nc1ccccc1CCCc1ccc(C(=O)O)cc1. The minimum atomic E-state index is -3.32. The monoisotopic (exact) mass is 375 g/mol. The van der Waals surface area contributed by atoms with E-state index >= 15 is 0 Å². The first-order valence-corrected chi connectivity index (χ1v) is 10.5. The van der Waals surface area contributed by atoms with Gasteiger partial charge in [-0.3, -0.25) is 4.72 Å². The topological polar surface area (TPSA) is 83.5 Å². The Labute approximate surface area is 155 Å². The average molecular weight is 375 g/mol. The number of para-hydroxylation sites is 1. The summed E-state index contributed by atoms with van der Waals surface area (Å²) in [6, 6.07) is 14.3. The Morgan fingerprint density at radius 2 is 1.69 bits per heavy atom. The summed E-state index contributed by atoms with van der Waals surface area (Å²) in [5.74, 6) is -0.797. The molecular weight excluding hydrogens is 350 g/mol. The van der Waals surface area contributed by atoms with Crippen molar-refractivity contribution in [1.82, 2.24) is 0 Å². The summed E-state index contributed by atoms with van der Waals surface area (Å²) in [5.41, 5.74) is 2.95. The maximum Gasteiger partial charge on any atom is 0.335 e. The van der Waals surface area contributed by atoms with Gasteiger partial charge in [-0.2, -0.15) is 0 Å². The summed E-state index contributed by atoms with van der Waals surface area (Å²) in [5, 5.41) is 8.92. The van der Waals surface area contributed by atoms with Crippen LogP contribution in [0.4, 0.5) is 5.69 Å². The fourth-order valence-electron chi connectivity index (χ4n) is 2.69. The number of unbranched alkanes of at least 4 members (excludes halogenated alkanes) is 1. The smallest absolute Gasteiger partial charge is 0.335 e. The van der Waals surface area contributed by atoms with Gasteiger partial charge in [-0.15, -0.1) is 0 Å². The third-order valence-corrected chi connectivity index (χ3v) is 5.52. The number of sulfonamides is 1. The normalized spacial score (nSPS) is 11.3. The van der Waals surface area contributed by atoms with Crippen LogP contribution in [0.3, 0.4) is 0 Å². The first-order valence-electron chi connectivity index (χ1n) is 8.82. The van der Waals surface area contributed by atoms with Crippen molar-refractivity contribution < 1.29 is 18.3 Å². The van der Waals surface area contributed by atoms with Gasteiger partial charge in [0.15, 0.2) is 0 Å². The summed E-state index contributed by atoms with van der Waals surface area (Å²) in [6.45, 7) is 1.96. The van der Waals surface area contributed by atoms with Crippen molar-refractivity contribution in [1.29, 1.82) is 0 Å². The Bertz CT molecular complexity index is 829. The number of carboxylic acid groups (broad SMARTS) is 1. The number of hydrogen-bond donors (Lipinski definition) is 2. The molecule has 6 heteroatoms. The van der Waals surface area contributed by atoms with Crippen molar-refractivity contribution in [3.05, 3.63) is 65.2 Å². The number of carboxylic acids is 1. The van der Waals surface area contributed by atoms with Crippen LogP contribution >= 0.6 is 0 Å². The molecule has 0 saturated carbocycles. The minimum absolute atomic E-state index is 0.133. The maximum atomic E-state index is 12.1. The van der Waals surface area contributed by atoms with E-state index in [2.05, 4.69) is 4.72 Å². The molecule has 0 fully saturated rings. The minimum Gasteiger partial charge on any atom is -0.478 e. The van der Waals surface area contributed by atoms with Crippen LogP contribution in [0, 0.1) is 0 Å². The van der Waals surface area contributed by atoms with Gasteiger partial charge in [-0.05, 0) is 55.0 Å². The molecule has 0 atom stereocenters. The van der Waals surface area contributed by atoms with Gasteiger partial charge < -0.3 is 5.11 Å². The molecule has 2 aromatic carbocycles. The molecule has 0 aliphatic heterocycles. The van der Waals surface area contributed by atoms with Crippen molar-refractivity contribution in [2.24, 2.45) is 0 Å². The number of anilines is 1. The first kappa shape index (κ1) is 20.0. The van der Waals surface area contributed by atoms with E-state index < -0.39 is 16.0 Å². The molecule has 0 radical (unpaired) electrons. The lowest BCUT2D eigenvalue weighted by molar-refractivity contribution is 0.0697. The molecule has 26 heavy (non-hydrogen) atoms.